The Hall–Kier alpha value is -1.51. The van der Waals surface area contributed by atoms with E-state index in [-0.39, 0.29) is 11.9 Å². The number of hydrogen-bond acceptors (Lipinski definition) is 3. The van der Waals surface area contributed by atoms with Gasteiger partial charge in [-0.25, -0.2) is 0 Å². The zero-order valence-corrected chi connectivity index (χ0v) is 19.2. The molecule has 168 valence electrons. The smallest absolute Gasteiger partial charge is 0.314 e. The van der Waals surface area contributed by atoms with Crippen molar-refractivity contribution in [2.75, 3.05) is 6.61 Å². The number of hydrogen-bond donors (Lipinski definition) is 0. The van der Waals surface area contributed by atoms with Crippen molar-refractivity contribution in [3.8, 4) is 11.5 Å². The van der Waals surface area contributed by atoms with Crippen molar-refractivity contribution in [3.05, 3.63) is 24.3 Å². The normalized spacial score (nSPS) is 26.9. The molecule has 1 aromatic rings. The van der Waals surface area contributed by atoms with Crippen molar-refractivity contribution in [3.63, 3.8) is 0 Å². The van der Waals surface area contributed by atoms with Gasteiger partial charge in [-0.2, -0.15) is 0 Å². The second-order valence-corrected chi connectivity index (χ2v) is 9.60. The predicted molar refractivity (Wildman–Crippen MR) is 123 cm³/mol. The summed E-state index contributed by atoms with van der Waals surface area (Å²) in [6, 6.07) is 7.53. The Kier molecular flexibility index (Phi) is 9.55. The predicted octanol–water partition coefficient (Wildman–Crippen LogP) is 7.57. The summed E-state index contributed by atoms with van der Waals surface area (Å²) in [5.41, 5.74) is 0. The molecule has 0 radical (unpaired) electrons. The molecule has 2 aliphatic carbocycles. The molecular weight excluding hydrogens is 372 g/mol. The number of rotatable bonds is 10. The Labute approximate surface area is 183 Å². The molecule has 0 saturated heterocycles. The van der Waals surface area contributed by atoms with Gasteiger partial charge in [0.1, 0.15) is 11.5 Å². The summed E-state index contributed by atoms with van der Waals surface area (Å²) in [5.74, 6) is 4.22. The zero-order chi connectivity index (χ0) is 21.2. The third-order valence-corrected chi connectivity index (χ3v) is 7.55. The minimum Gasteiger partial charge on any atom is -0.494 e. The molecule has 3 rings (SSSR count). The van der Waals surface area contributed by atoms with Crippen LogP contribution in [0.3, 0.4) is 0 Å². The zero-order valence-electron chi connectivity index (χ0n) is 19.2. The molecule has 0 unspecified atom stereocenters. The average molecular weight is 415 g/mol. The van der Waals surface area contributed by atoms with Crippen LogP contribution in [-0.4, -0.2) is 12.6 Å². The lowest BCUT2D eigenvalue weighted by Crippen LogP contribution is -2.30. The van der Waals surface area contributed by atoms with Crippen molar-refractivity contribution < 1.29 is 14.3 Å². The molecule has 0 bridgehead atoms. The van der Waals surface area contributed by atoms with Gasteiger partial charge in [0.25, 0.3) is 0 Å². The van der Waals surface area contributed by atoms with Crippen LogP contribution in [0.15, 0.2) is 24.3 Å². The number of unbranched alkanes of at least 4 members (excludes halogenated alkanes) is 3. The van der Waals surface area contributed by atoms with Gasteiger partial charge in [0.05, 0.1) is 12.5 Å². The molecule has 30 heavy (non-hydrogen) atoms. The van der Waals surface area contributed by atoms with E-state index in [0.29, 0.717) is 5.75 Å². The number of esters is 1. The van der Waals surface area contributed by atoms with Gasteiger partial charge in [-0.15, -0.1) is 0 Å². The molecule has 0 heterocycles. The first-order valence-electron chi connectivity index (χ1n) is 12.6. The lowest BCUT2D eigenvalue weighted by molar-refractivity contribution is -0.140. The fraction of sp³-hybridized carbons (Fsp3) is 0.741. The van der Waals surface area contributed by atoms with Crippen LogP contribution in [-0.2, 0) is 4.79 Å². The van der Waals surface area contributed by atoms with E-state index >= 15 is 0 Å². The van der Waals surface area contributed by atoms with Crippen LogP contribution < -0.4 is 9.47 Å². The molecule has 1 aromatic carbocycles. The summed E-state index contributed by atoms with van der Waals surface area (Å²) < 4.78 is 11.5. The molecule has 0 spiro atoms. The van der Waals surface area contributed by atoms with Crippen molar-refractivity contribution in [2.24, 2.45) is 23.7 Å². The average Bonchev–Trinajstić information content (AvgIpc) is 2.80. The van der Waals surface area contributed by atoms with E-state index in [1.165, 1.54) is 64.2 Å². The first kappa shape index (κ1) is 23.2. The first-order chi connectivity index (χ1) is 14.7. The molecule has 3 heteroatoms. The van der Waals surface area contributed by atoms with Crippen LogP contribution in [0, 0.1) is 23.7 Å². The van der Waals surface area contributed by atoms with Crippen LogP contribution in [0.4, 0.5) is 0 Å². The Bertz CT molecular complexity index is 608. The highest BCUT2D eigenvalue weighted by Gasteiger charge is 2.33. The Balaban J connectivity index is 1.36. The Morgan fingerprint density at radius 1 is 0.800 bits per heavy atom. The number of benzene rings is 1. The SMILES string of the molecule is CCCCCCOc1ccc(OC(=O)C2CCC(C3CCC(CC)CC3)CC2)cc1. The van der Waals surface area contributed by atoms with Crippen LogP contribution in [0.25, 0.3) is 0 Å². The van der Waals surface area contributed by atoms with E-state index in [2.05, 4.69) is 13.8 Å². The van der Waals surface area contributed by atoms with E-state index in [1.807, 2.05) is 24.3 Å². The molecule has 2 saturated carbocycles. The third kappa shape index (κ3) is 7.03. The monoisotopic (exact) mass is 414 g/mol. The van der Waals surface area contributed by atoms with Gasteiger partial charge < -0.3 is 9.47 Å². The van der Waals surface area contributed by atoms with Gasteiger partial charge in [-0.1, -0.05) is 52.4 Å². The summed E-state index contributed by atoms with van der Waals surface area (Å²) in [7, 11) is 0. The molecular formula is C27H42O3. The standard InChI is InChI=1S/C27H42O3/c1-3-5-6-7-20-29-25-16-18-26(19-17-25)30-27(28)24-14-12-23(13-15-24)22-10-8-21(4-2)9-11-22/h16-19,21-24H,3-15,20H2,1-2H3. The highest BCUT2D eigenvalue weighted by molar-refractivity contribution is 5.75. The van der Waals surface area contributed by atoms with Crippen molar-refractivity contribution in [1.29, 1.82) is 0 Å². The van der Waals surface area contributed by atoms with E-state index in [1.54, 1.807) is 0 Å². The Morgan fingerprint density at radius 3 is 2.00 bits per heavy atom. The highest BCUT2D eigenvalue weighted by atomic mass is 16.5. The maximum atomic E-state index is 12.6. The molecule has 0 N–H and O–H groups in total. The van der Waals surface area contributed by atoms with E-state index < -0.39 is 0 Å². The van der Waals surface area contributed by atoms with Crippen LogP contribution in [0.2, 0.25) is 0 Å². The van der Waals surface area contributed by atoms with Crippen molar-refractivity contribution in [1.82, 2.24) is 0 Å². The maximum Gasteiger partial charge on any atom is 0.314 e. The lowest BCUT2D eigenvalue weighted by Gasteiger charge is -2.37. The molecule has 3 nitrogen and oxygen atoms in total. The van der Waals surface area contributed by atoms with Gasteiger partial charge >= 0.3 is 5.97 Å². The molecule has 0 atom stereocenters. The summed E-state index contributed by atoms with van der Waals surface area (Å²) in [6.45, 7) is 5.30. The maximum absolute atomic E-state index is 12.6. The summed E-state index contributed by atoms with van der Waals surface area (Å²) in [4.78, 5) is 12.6. The molecule has 0 aliphatic heterocycles. The van der Waals surface area contributed by atoms with Gasteiger partial charge in [0.2, 0.25) is 0 Å². The van der Waals surface area contributed by atoms with E-state index in [9.17, 15) is 4.79 Å². The first-order valence-corrected chi connectivity index (χ1v) is 12.6. The molecule has 0 amide bonds. The fourth-order valence-electron chi connectivity index (χ4n) is 5.42. The highest BCUT2D eigenvalue weighted by Crippen LogP contribution is 2.42. The van der Waals surface area contributed by atoms with Gasteiger partial charge in [0, 0.05) is 0 Å². The van der Waals surface area contributed by atoms with E-state index in [0.717, 1.165) is 49.4 Å². The summed E-state index contributed by atoms with van der Waals surface area (Å²) >= 11 is 0. The summed E-state index contributed by atoms with van der Waals surface area (Å²) in [6.07, 6.45) is 16.2. The summed E-state index contributed by atoms with van der Waals surface area (Å²) in [5, 5.41) is 0. The number of ether oxygens (including phenoxy) is 2. The third-order valence-electron chi connectivity index (χ3n) is 7.55. The van der Waals surface area contributed by atoms with Crippen LogP contribution in [0.5, 0.6) is 11.5 Å². The lowest BCUT2D eigenvalue weighted by atomic mass is 9.69. The van der Waals surface area contributed by atoms with Gasteiger partial charge in [-0.3, -0.25) is 4.79 Å². The quantitative estimate of drug-likeness (QED) is 0.225. The minimum absolute atomic E-state index is 0.0450. The van der Waals surface area contributed by atoms with Crippen molar-refractivity contribution >= 4 is 5.97 Å². The second-order valence-electron chi connectivity index (χ2n) is 9.60. The Morgan fingerprint density at radius 2 is 1.40 bits per heavy atom. The topological polar surface area (TPSA) is 35.5 Å². The largest absolute Gasteiger partial charge is 0.494 e. The number of carbonyl (C=O) groups is 1. The van der Waals surface area contributed by atoms with E-state index in [4.69, 9.17) is 9.47 Å². The minimum atomic E-state index is -0.0450. The number of carbonyl (C=O) groups excluding carboxylic acids is 1. The van der Waals surface area contributed by atoms with Crippen LogP contribution >= 0.6 is 0 Å². The second kappa shape index (κ2) is 12.4. The molecule has 2 aliphatic rings. The van der Waals surface area contributed by atoms with Crippen molar-refractivity contribution in [2.45, 2.75) is 97.3 Å². The van der Waals surface area contributed by atoms with Gasteiger partial charge in [0.15, 0.2) is 0 Å². The molecule has 0 aromatic heterocycles. The fourth-order valence-corrected chi connectivity index (χ4v) is 5.42. The molecule has 2 fully saturated rings. The van der Waals surface area contributed by atoms with Gasteiger partial charge in [-0.05, 0) is 87.0 Å². The van der Waals surface area contributed by atoms with Crippen LogP contribution in [0.1, 0.15) is 97.3 Å².